The normalized spacial score (nSPS) is 10.8. The van der Waals surface area contributed by atoms with E-state index in [0.29, 0.717) is 30.6 Å². The Hall–Kier alpha value is -2.28. The molecule has 1 heterocycles. The van der Waals surface area contributed by atoms with E-state index in [9.17, 15) is 9.59 Å². The maximum Gasteiger partial charge on any atom is 0.227 e. The zero-order chi connectivity index (χ0) is 19.6. The number of unbranched alkanes of at least 4 members (excludes halogenated alkanes) is 1. The van der Waals surface area contributed by atoms with Crippen molar-refractivity contribution in [2.45, 2.75) is 46.5 Å². The standard InChI is InChI=1S/C20H28N4O2S/c1-4-5-11-18(26)24(14-15(2)3)13-12-17(25)21-20-23-22-19(27-20)16-9-7-6-8-10-16/h6-10,15H,4-5,11-14H2,1-3H3,(H,21,23,25). The van der Waals surface area contributed by atoms with Crippen molar-refractivity contribution in [3.8, 4) is 10.6 Å². The Kier molecular flexibility index (Phi) is 8.39. The summed E-state index contributed by atoms with van der Waals surface area (Å²) in [6, 6.07) is 9.73. The summed E-state index contributed by atoms with van der Waals surface area (Å²) in [6.45, 7) is 7.32. The molecule has 27 heavy (non-hydrogen) atoms. The summed E-state index contributed by atoms with van der Waals surface area (Å²) in [7, 11) is 0. The number of rotatable bonds is 10. The van der Waals surface area contributed by atoms with Gasteiger partial charge in [-0.05, 0) is 12.3 Å². The van der Waals surface area contributed by atoms with Crippen LogP contribution >= 0.6 is 11.3 Å². The van der Waals surface area contributed by atoms with E-state index in [4.69, 9.17) is 0 Å². The minimum absolute atomic E-state index is 0.126. The van der Waals surface area contributed by atoms with Gasteiger partial charge in [-0.1, -0.05) is 68.9 Å². The molecule has 0 unspecified atom stereocenters. The fourth-order valence-electron chi connectivity index (χ4n) is 2.63. The number of benzene rings is 1. The molecule has 7 heteroatoms. The van der Waals surface area contributed by atoms with Gasteiger partial charge in [0.05, 0.1) is 0 Å². The molecular weight excluding hydrogens is 360 g/mol. The second kappa shape index (κ2) is 10.8. The first-order valence-electron chi connectivity index (χ1n) is 9.46. The van der Waals surface area contributed by atoms with Crippen LogP contribution in [0, 0.1) is 5.92 Å². The third-order valence-electron chi connectivity index (χ3n) is 3.98. The summed E-state index contributed by atoms with van der Waals surface area (Å²) >= 11 is 1.34. The number of nitrogens with one attached hydrogen (secondary N) is 1. The van der Waals surface area contributed by atoms with Crippen molar-refractivity contribution in [1.82, 2.24) is 15.1 Å². The average molecular weight is 389 g/mol. The van der Waals surface area contributed by atoms with Crippen LogP contribution in [0.15, 0.2) is 30.3 Å². The predicted octanol–water partition coefficient (Wildman–Crippen LogP) is 4.21. The van der Waals surface area contributed by atoms with Crippen LogP contribution in [0.3, 0.4) is 0 Å². The van der Waals surface area contributed by atoms with E-state index in [1.54, 1.807) is 4.90 Å². The van der Waals surface area contributed by atoms with Crippen LogP contribution < -0.4 is 5.32 Å². The van der Waals surface area contributed by atoms with Crippen LogP contribution in [0.4, 0.5) is 5.13 Å². The van der Waals surface area contributed by atoms with Crippen molar-refractivity contribution in [2.24, 2.45) is 5.92 Å². The summed E-state index contributed by atoms with van der Waals surface area (Å²) in [4.78, 5) is 26.4. The summed E-state index contributed by atoms with van der Waals surface area (Å²) in [5.74, 6) is 0.346. The minimum Gasteiger partial charge on any atom is -0.342 e. The van der Waals surface area contributed by atoms with Gasteiger partial charge in [0, 0.05) is 31.5 Å². The van der Waals surface area contributed by atoms with Crippen LogP contribution in [0.5, 0.6) is 0 Å². The maximum absolute atomic E-state index is 12.3. The third kappa shape index (κ3) is 7.09. The van der Waals surface area contributed by atoms with E-state index in [0.717, 1.165) is 23.4 Å². The molecule has 1 aromatic heterocycles. The molecule has 0 bridgehead atoms. The molecule has 1 aromatic carbocycles. The molecule has 6 nitrogen and oxygen atoms in total. The number of carbonyl (C=O) groups is 2. The largest absolute Gasteiger partial charge is 0.342 e. The molecule has 0 aliphatic heterocycles. The second-order valence-corrected chi connectivity index (χ2v) is 7.89. The van der Waals surface area contributed by atoms with Gasteiger partial charge in [0.15, 0.2) is 0 Å². The van der Waals surface area contributed by atoms with E-state index in [1.807, 2.05) is 30.3 Å². The number of carbonyl (C=O) groups excluding carboxylic acids is 2. The van der Waals surface area contributed by atoms with E-state index in [2.05, 4.69) is 36.3 Å². The van der Waals surface area contributed by atoms with Gasteiger partial charge in [0.1, 0.15) is 5.01 Å². The number of aromatic nitrogens is 2. The van der Waals surface area contributed by atoms with E-state index < -0.39 is 0 Å². The summed E-state index contributed by atoms with van der Waals surface area (Å²) in [6.07, 6.45) is 2.67. The SMILES string of the molecule is CCCCC(=O)N(CCC(=O)Nc1nnc(-c2ccccc2)s1)CC(C)C. The molecule has 2 aromatic rings. The molecule has 146 valence electrons. The highest BCUT2D eigenvalue weighted by atomic mass is 32.1. The van der Waals surface area contributed by atoms with Gasteiger partial charge in [-0.3, -0.25) is 9.59 Å². The molecule has 0 fully saturated rings. The van der Waals surface area contributed by atoms with Gasteiger partial charge in [-0.2, -0.15) is 0 Å². The lowest BCUT2D eigenvalue weighted by molar-refractivity contribution is -0.132. The smallest absolute Gasteiger partial charge is 0.227 e. The summed E-state index contributed by atoms with van der Waals surface area (Å²) in [5.41, 5.74) is 0.972. The maximum atomic E-state index is 12.3. The fourth-order valence-corrected chi connectivity index (χ4v) is 3.40. The Balaban J connectivity index is 1.88. The van der Waals surface area contributed by atoms with Crippen molar-refractivity contribution in [3.05, 3.63) is 30.3 Å². The number of nitrogens with zero attached hydrogens (tertiary/aromatic N) is 3. The summed E-state index contributed by atoms with van der Waals surface area (Å²) < 4.78 is 0. The molecule has 0 saturated heterocycles. The predicted molar refractivity (Wildman–Crippen MR) is 110 cm³/mol. The van der Waals surface area contributed by atoms with Crippen molar-refractivity contribution in [2.75, 3.05) is 18.4 Å². The van der Waals surface area contributed by atoms with Crippen LogP contribution in [-0.4, -0.2) is 40.0 Å². The van der Waals surface area contributed by atoms with Crippen molar-refractivity contribution >= 4 is 28.3 Å². The molecule has 2 rings (SSSR count). The lowest BCUT2D eigenvalue weighted by Gasteiger charge is -2.24. The minimum atomic E-state index is -0.150. The molecule has 0 saturated carbocycles. The monoisotopic (exact) mass is 388 g/mol. The topological polar surface area (TPSA) is 75.2 Å². The zero-order valence-electron chi connectivity index (χ0n) is 16.3. The first-order valence-corrected chi connectivity index (χ1v) is 10.3. The molecule has 0 spiro atoms. The molecule has 0 aliphatic carbocycles. The van der Waals surface area contributed by atoms with E-state index in [-0.39, 0.29) is 18.2 Å². The van der Waals surface area contributed by atoms with Crippen molar-refractivity contribution in [1.29, 1.82) is 0 Å². The number of hydrogen-bond acceptors (Lipinski definition) is 5. The van der Waals surface area contributed by atoms with Gasteiger partial charge in [0.25, 0.3) is 0 Å². The Morgan fingerprint density at radius 3 is 2.56 bits per heavy atom. The second-order valence-electron chi connectivity index (χ2n) is 6.91. The Labute approximate surface area is 165 Å². The molecule has 2 amide bonds. The highest BCUT2D eigenvalue weighted by Gasteiger charge is 2.16. The molecule has 0 radical (unpaired) electrons. The molecule has 0 aliphatic rings. The van der Waals surface area contributed by atoms with Gasteiger partial charge in [0.2, 0.25) is 16.9 Å². The third-order valence-corrected chi connectivity index (χ3v) is 4.87. The zero-order valence-corrected chi connectivity index (χ0v) is 17.1. The first kappa shape index (κ1) is 21.0. The molecule has 1 N–H and O–H groups in total. The average Bonchev–Trinajstić information content (AvgIpc) is 3.12. The van der Waals surface area contributed by atoms with Crippen LogP contribution in [-0.2, 0) is 9.59 Å². The molecule has 0 atom stereocenters. The van der Waals surface area contributed by atoms with Gasteiger partial charge < -0.3 is 10.2 Å². The number of hydrogen-bond donors (Lipinski definition) is 1. The highest BCUT2D eigenvalue weighted by Crippen LogP contribution is 2.25. The van der Waals surface area contributed by atoms with Gasteiger partial charge in [-0.25, -0.2) is 0 Å². The van der Waals surface area contributed by atoms with Crippen LogP contribution in [0.25, 0.3) is 10.6 Å². The quantitative estimate of drug-likeness (QED) is 0.661. The number of anilines is 1. The Morgan fingerprint density at radius 2 is 1.89 bits per heavy atom. The van der Waals surface area contributed by atoms with Crippen LogP contribution in [0.2, 0.25) is 0 Å². The van der Waals surface area contributed by atoms with Crippen molar-refractivity contribution < 1.29 is 9.59 Å². The van der Waals surface area contributed by atoms with Crippen molar-refractivity contribution in [3.63, 3.8) is 0 Å². The lowest BCUT2D eigenvalue weighted by atomic mass is 10.1. The van der Waals surface area contributed by atoms with E-state index >= 15 is 0 Å². The Bertz CT molecular complexity index is 731. The lowest BCUT2D eigenvalue weighted by Crippen LogP contribution is -2.36. The van der Waals surface area contributed by atoms with Gasteiger partial charge >= 0.3 is 0 Å². The van der Waals surface area contributed by atoms with Gasteiger partial charge in [-0.15, -0.1) is 10.2 Å². The molecular formula is C20H28N4O2S. The summed E-state index contributed by atoms with van der Waals surface area (Å²) in [5, 5.41) is 12.2. The fraction of sp³-hybridized carbons (Fsp3) is 0.500. The highest BCUT2D eigenvalue weighted by molar-refractivity contribution is 7.18. The first-order chi connectivity index (χ1) is 13.0. The van der Waals surface area contributed by atoms with E-state index in [1.165, 1.54) is 11.3 Å². The number of amides is 2. The van der Waals surface area contributed by atoms with Crippen LogP contribution in [0.1, 0.15) is 46.5 Å². The Morgan fingerprint density at radius 1 is 1.15 bits per heavy atom.